The first-order valence-corrected chi connectivity index (χ1v) is 8.18. The number of halogens is 1. The quantitative estimate of drug-likeness (QED) is 0.794. The summed E-state index contributed by atoms with van der Waals surface area (Å²) in [4.78, 5) is 17.2. The molecule has 124 valence electrons. The highest BCUT2D eigenvalue weighted by molar-refractivity contribution is 8.93. The van der Waals surface area contributed by atoms with Gasteiger partial charge in [0.2, 0.25) is 0 Å². The number of nitrogens with zero attached hydrogens (tertiary/aromatic N) is 1. The number of carbonyl (C=O) groups is 1. The Hall–Kier alpha value is -1.39. The molecule has 1 saturated heterocycles. The van der Waals surface area contributed by atoms with Crippen molar-refractivity contribution in [3.8, 4) is 0 Å². The molecule has 1 aliphatic rings. The zero-order valence-electron chi connectivity index (χ0n) is 13.8. The smallest absolute Gasteiger partial charge is 0.155 e. The molecule has 1 fully saturated rings. The normalized spacial score (nSPS) is 16.8. The molecule has 2 heterocycles. The van der Waals surface area contributed by atoms with Gasteiger partial charge in [-0.05, 0) is 68.2 Å². The van der Waals surface area contributed by atoms with Gasteiger partial charge in [0, 0.05) is 23.5 Å². The molecular weight excluding hydrogens is 352 g/mol. The van der Waals surface area contributed by atoms with Crippen LogP contribution in [0.2, 0.25) is 0 Å². The summed E-state index contributed by atoms with van der Waals surface area (Å²) in [6.45, 7) is 4.23. The lowest BCUT2D eigenvalue weighted by Crippen LogP contribution is -2.29. The molecule has 0 spiro atoms. The Bertz CT molecular complexity index is 696. The van der Waals surface area contributed by atoms with Crippen LogP contribution < -0.4 is 0 Å². The van der Waals surface area contributed by atoms with Crippen LogP contribution in [0, 0.1) is 0 Å². The van der Waals surface area contributed by atoms with Crippen LogP contribution in [0.4, 0.5) is 0 Å². The number of hydrogen-bond acceptors (Lipinski definition) is 2. The number of aromatic nitrogens is 1. The third-order valence-corrected chi connectivity index (χ3v) is 4.71. The molecule has 2 aromatic rings. The average molecular weight is 377 g/mol. The predicted octanol–water partition coefficient (Wildman–Crippen LogP) is 4.55. The van der Waals surface area contributed by atoms with E-state index in [0.29, 0.717) is 12.3 Å². The summed E-state index contributed by atoms with van der Waals surface area (Å²) in [5.41, 5.74) is 3.72. The van der Waals surface area contributed by atoms with E-state index >= 15 is 0 Å². The van der Waals surface area contributed by atoms with Crippen LogP contribution in [-0.2, 0) is 4.79 Å². The van der Waals surface area contributed by atoms with Crippen molar-refractivity contribution in [2.75, 3.05) is 20.1 Å². The van der Waals surface area contributed by atoms with E-state index in [1.807, 2.05) is 13.0 Å². The lowest BCUT2D eigenvalue weighted by atomic mass is 9.89. The lowest BCUT2D eigenvalue weighted by Gasteiger charge is -2.28. The molecular formula is C19H25BrN2O. The third-order valence-electron chi connectivity index (χ3n) is 4.71. The van der Waals surface area contributed by atoms with Crippen LogP contribution in [0.5, 0.6) is 0 Å². The fourth-order valence-corrected chi connectivity index (χ4v) is 3.23. The molecule has 0 saturated carbocycles. The van der Waals surface area contributed by atoms with Gasteiger partial charge in [-0.3, -0.25) is 4.79 Å². The van der Waals surface area contributed by atoms with E-state index in [1.165, 1.54) is 42.4 Å². The maximum atomic E-state index is 11.4. The van der Waals surface area contributed by atoms with Gasteiger partial charge in [-0.1, -0.05) is 19.1 Å². The predicted molar refractivity (Wildman–Crippen MR) is 102 cm³/mol. The van der Waals surface area contributed by atoms with E-state index in [2.05, 4.69) is 41.3 Å². The molecule has 1 N–H and O–H groups in total. The van der Waals surface area contributed by atoms with E-state index in [0.717, 1.165) is 5.56 Å². The van der Waals surface area contributed by atoms with Crippen LogP contribution >= 0.6 is 17.0 Å². The van der Waals surface area contributed by atoms with Crippen LogP contribution in [0.25, 0.3) is 17.0 Å². The van der Waals surface area contributed by atoms with E-state index < -0.39 is 0 Å². The number of piperidine rings is 1. The Morgan fingerprint density at radius 1 is 1.35 bits per heavy atom. The molecule has 3 nitrogen and oxygen atoms in total. The molecule has 23 heavy (non-hydrogen) atoms. The summed E-state index contributed by atoms with van der Waals surface area (Å²) >= 11 is 0. The number of aromatic amines is 1. The minimum absolute atomic E-state index is 0. The van der Waals surface area contributed by atoms with Gasteiger partial charge in [0.15, 0.2) is 5.78 Å². The lowest BCUT2D eigenvalue weighted by molar-refractivity contribution is -0.114. The van der Waals surface area contributed by atoms with Gasteiger partial charge in [0.1, 0.15) is 0 Å². The van der Waals surface area contributed by atoms with Gasteiger partial charge in [-0.2, -0.15) is 0 Å². The van der Waals surface area contributed by atoms with Gasteiger partial charge in [0.05, 0.1) is 0 Å². The van der Waals surface area contributed by atoms with Crippen LogP contribution in [0.1, 0.15) is 43.2 Å². The molecule has 0 aliphatic carbocycles. The zero-order valence-corrected chi connectivity index (χ0v) is 15.6. The Kier molecular flexibility index (Phi) is 6.19. The Balaban J connectivity index is 0.00000192. The Morgan fingerprint density at radius 3 is 2.78 bits per heavy atom. The molecule has 4 heteroatoms. The first kappa shape index (κ1) is 18.0. The van der Waals surface area contributed by atoms with Gasteiger partial charge in [-0.25, -0.2) is 0 Å². The monoisotopic (exact) mass is 376 g/mol. The number of rotatable bonds is 4. The number of likely N-dealkylation sites (tertiary alicyclic amines) is 1. The highest BCUT2D eigenvalue weighted by atomic mass is 79.9. The van der Waals surface area contributed by atoms with Gasteiger partial charge in [-0.15, -0.1) is 17.0 Å². The average Bonchev–Trinajstić information content (AvgIpc) is 2.96. The second-order valence-electron chi connectivity index (χ2n) is 6.28. The molecule has 0 atom stereocenters. The summed E-state index contributed by atoms with van der Waals surface area (Å²) in [5, 5.41) is 1.31. The summed E-state index contributed by atoms with van der Waals surface area (Å²) in [5.74, 6) is 0.811. The number of ketones is 1. The second-order valence-corrected chi connectivity index (χ2v) is 6.28. The molecule has 0 bridgehead atoms. The van der Waals surface area contributed by atoms with E-state index in [1.54, 1.807) is 6.08 Å². The van der Waals surface area contributed by atoms with Crippen molar-refractivity contribution < 1.29 is 4.79 Å². The number of benzene rings is 1. The maximum Gasteiger partial charge on any atom is 0.155 e. The van der Waals surface area contributed by atoms with Crippen LogP contribution in [0.3, 0.4) is 0 Å². The highest BCUT2D eigenvalue weighted by Gasteiger charge is 2.20. The minimum Gasteiger partial charge on any atom is -0.361 e. The van der Waals surface area contributed by atoms with Gasteiger partial charge < -0.3 is 9.88 Å². The van der Waals surface area contributed by atoms with Crippen molar-refractivity contribution in [2.24, 2.45) is 0 Å². The summed E-state index contributed by atoms with van der Waals surface area (Å²) in [6, 6.07) is 6.39. The third kappa shape index (κ3) is 4.12. The fourth-order valence-electron chi connectivity index (χ4n) is 3.23. The Morgan fingerprint density at radius 2 is 2.09 bits per heavy atom. The first-order chi connectivity index (χ1) is 10.7. The molecule has 0 unspecified atom stereocenters. The number of nitrogens with one attached hydrogen (secondary N) is 1. The molecule has 0 amide bonds. The SMILES string of the molecule is Br.CCC(=O)/C=C/c1ccc2[nH]cc(C3CCN(C)CC3)c2c1. The van der Waals surface area contributed by atoms with Crippen LogP contribution in [-0.4, -0.2) is 35.8 Å². The van der Waals surface area contributed by atoms with Crippen molar-refractivity contribution in [1.82, 2.24) is 9.88 Å². The van der Waals surface area contributed by atoms with Crippen LogP contribution in [0.15, 0.2) is 30.5 Å². The van der Waals surface area contributed by atoms with Gasteiger partial charge in [0.25, 0.3) is 0 Å². The van der Waals surface area contributed by atoms with Crippen molar-refractivity contribution >= 4 is 39.7 Å². The first-order valence-electron chi connectivity index (χ1n) is 8.18. The zero-order chi connectivity index (χ0) is 15.5. The van der Waals surface area contributed by atoms with E-state index in [4.69, 9.17) is 0 Å². The van der Waals surface area contributed by atoms with Crippen molar-refractivity contribution in [3.63, 3.8) is 0 Å². The van der Waals surface area contributed by atoms with E-state index in [9.17, 15) is 4.79 Å². The maximum absolute atomic E-state index is 11.4. The van der Waals surface area contributed by atoms with Crippen molar-refractivity contribution in [2.45, 2.75) is 32.1 Å². The van der Waals surface area contributed by atoms with E-state index in [-0.39, 0.29) is 22.8 Å². The summed E-state index contributed by atoms with van der Waals surface area (Å²) in [6.07, 6.45) is 8.78. The summed E-state index contributed by atoms with van der Waals surface area (Å²) < 4.78 is 0. The number of carbonyl (C=O) groups excluding carboxylic acids is 1. The summed E-state index contributed by atoms with van der Waals surface area (Å²) in [7, 11) is 2.19. The van der Waals surface area contributed by atoms with Crippen molar-refractivity contribution in [1.29, 1.82) is 0 Å². The highest BCUT2D eigenvalue weighted by Crippen LogP contribution is 2.33. The minimum atomic E-state index is 0. The molecule has 3 rings (SSSR count). The number of fused-ring (bicyclic) bond motifs is 1. The van der Waals surface area contributed by atoms with Gasteiger partial charge >= 0.3 is 0 Å². The van der Waals surface area contributed by atoms with Crippen molar-refractivity contribution in [3.05, 3.63) is 41.6 Å². The Labute approximate surface area is 148 Å². The molecule has 1 aliphatic heterocycles. The number of allylic oxidation sites excluding steroid dienone is 1. The second kappa shape index (κ2) is 7.93. The molecule has 1 aromatic heterocycles. The number of hydrogen-bond donors (Lipinski definition) is 1. The molecule has 1 aromatic carbocycles. The largest absolute Gasteiger partial charge is 0.361 e. The topological polar surface area (TPSA) is 36.1 Å². The fraction of sp³-hybridized carbons (Fsp3) is 0.421. The number of H-pyrrole nitrogens is 1. The molecule has 0 radical (unpaired) electrons. The standard InChI is InChI=1S/C19H24N2O.BrH/c1-3-16(22)6-4-14-5-7-19-17(12-14)18(13-20-19)15-8-10-21(2)11-9-15;/h4-7,12-13,15,20H,3,8-11H2,1-2H3;1H/b6-4+;.